The number of carboxylic acid groups (broad SMARTS) is 1. The molecule has 0 bridgehead atoms. The Morgan fingerprint density at radius 3 is 2.39 bits per heavy atom. The minimum absolute atomic E-state index is 0.0558. The lowest BCUT2D eigenvalue weighted by Crippen LogP contribution is -2.38. The van der Waals surface area contributed by atoms with Crippen LogP contribution in [0.2, 0.25) is 0 Å². The number of nitrogens with one attached hydrogen (secondary N) is 1. The van der Waals surface area contributed by atoms with Gasteiger partial charge in [-0.2, -0.15) is 4.72 Å². The van der Waals surface area contributed by atoms with Crippen LogP contribution in [0.5, 0.6) is 0 Å². The third-order valence-electron chi connectivity index (χ3n) is 2.21. The summed E-state index contributed by atoms with van der Waals surface area (Å²) in [7, 11) is -4.35. The van der Waals surface area contributed by atoms with E-state index in [0.717, 1.165) is 13.0 Å². The molecule has 0 heterocycles. The van der Waals surface area contributed by atoms with Crippen LogP contribution in [0.3, 0.4) is 0 Å². The lowest BCUT2D eigenvalue weighted by molar-refractivity contribution is -0.138. The quantitative estimate of drug-likeness (QED) is 0.862. The standard InChI is InChI=1S/C10H11F2NO4S/c1-5-3-9(8(12)4-7(5)11)18(16,17)13-6(2)10(14)15/h3-4,6,13H,1-2H3,(H,14,15)/t6-/m0/s1. The Morgan fingerprint density at radius 2 is 1.89 bits per heavy atom. The molecule has 8 heteroatoms. The van der Waals surface area contributed by atoms with Gasteiger partial charge in [0, 0.05) is 6.07 Å². The summed E-state index contributed by atoms with van der Waals surface area (Å²) in [4.78, 5) is 9.75. The number of halogens is 2. The highest BCUT2D eigenvalue weighted by Gasteiger charge is 2.25. The van der Waals surface area contributed by atoms with E-state index in [1.807, 2.05) is 0 Å². The van der Waals surface area contributed by atoms with Crippen molar-refractivity contribution in [1.82, 2.24) is 4.72 Å². The number of hydrogen-bond donors (Lipinski definition) is 2. The predicted molar refractivity (Wildman–Crippen MR) is 58.5 cm³/mol. The molecule has 0 fully saturated rings. The smallest absolute Gasteiger partial charge is 0.321 e. The number of aliphatic carboxylic acids is 1. The van der Waals surface area contributed by atoms with Crippen molar-refractivity contribution in [3.8, 4) is 0 Å². The molecule has 0 aliphatic heterocycles. The maximum absolute atomic E-state index is 13.4. The van der Waals surface area contributed by atoms with Crippen molar-refractivity contribution >= 4 is 16.0 Å². The summed E-state index contributed by atoms with van der Waals surface area (Å²) in [5.41, 5.74) is -0.0558. The van der Waals surface area contributed by atoms with E-state index in [4.69, 9.17) is 5.11 Å². The highest BCUT2D eigenvalue weighted by molar-refractivity contribution is 7.89. The number of carboxylic acids is 1. The maximum Gasteiger partial charge on any atom is 0.321 e. The van der Waals surface area contributed by atoms with Gasteiger partial charge in [0.05, 0.1) is 0 Å². The number of rotatable bonds is 4. The highest BCUT2D eigenvalue weighted by Crippen LogP contribution is 2.19. The Bertz CT molecular complexity index is 586. The van der Waals surface area contributed by atoms with Crippen molar-refractivity contribution in [3.63, 3.8) is 0 Å². The molecule has 18 heavy (non-hydrogen) atoms. The van der Waals surface area contributed by atoms with E-state index in [-0.39, 0.29) is 5.56 Å². The van der Waals surface area contributed by atoms with Crippen LogP contribution in [-0.4, -0.2) is 25.5 Å². The van der Waals surface area contributed by atoms with Gasteiger partial charge in [-0.05, 0) is 25.5 Å². The van der Waals surface area contributed by atoms with Crippen LogP contribution in [0.4, 0.5) is 8.78 Å². The molecule has 5 nitrogen and oxygen atoms in total. The molecular formula is C10H11F2NO4S. The minimum Gasteiger partial charge on any atom is -0.480 e. The van der Waals surface area contributed by atoms with Crippen LogP contribution in [-0.2, 0) is 14.8 Å². The first-order chi connectivity index (χ1) is 8.15. The third kappa shape index (κ3) is 3.02. The normalized spacial score (nSPS) is 13.3. The fraction of sp³-hybridized carbons (Fsp3) is 0.300. The molecule has 0 radical (unpaired) electrons. The molecule has 0 amide bonds. The van der Waals surface area contributed by atoms with Gasteiger partial charge in [0.1, 0.15) is 22.6 Å². The first kappa shape index (κ1) is 14.5. The molecule has 0 unspecified atom stereocenters. The van der Waals surface area contributed by atoms with E-state index >= 15 is 0 Å². The van der Waals surface area contributed by atoms with Crippen LogP contribution >= 0.6 is 0 Å². The average molecular weight is 279 g/mol. The second-order valence-electron chi connectivity index (χ2n) is 3.71. The Labute approximate surface area is 102 Å². The SMILES string of the molecule is Cc1cc(S(=O)(=O)N[C@@H](C)C(=O)O)c(F)cc1F. The zero-order chi connectivity index (χ0) is 14.1. The number of carbonyl (C=O) groups is 1. The Balaban J connectivity index is 3.21. The van der Waals surface area contributed by atoms with E-state index in [2.05, 4.69) is 0 Å². The Hall–Kier alpha value is -1.54. The first-order valence-corrected chi connectivity index (χ1v) is 6.34. The molecule has 0 aliphatic rings. The van der Waals surface area contributed by atoms with Crippen molar-refractivity contribution in [2.24, 2.45) is 0 Å². The van der Waals surface area contributed by atoms with Gasteiger partial charge in [-0.25, -0.2) is 17.2 Å². The molecule has 100 valence electrons. The van der Waals surface area contributed by atoms with Crippen LogP contribution in [0.15, 0.2) is 17.0 Å². The Morgan fingerprint density at radius 1 is 1.33 bits per heavy atom. The number of hydrogen-bond acceptors (Lipinski definition) is 3. The van der Waals surface area contributed by atoms with Crippen LogP contribution < -0.4 is 4.72 Å². The second-order valence-corrected chi connectivity index (χ2v) is 5.40. The molecule has 0 saturated carbocycles. The number of benzene rings is 1. The molecule has 1 rings (SSSR count). The Kier molecular flexibility index (Phi) is 4.02. The highest BCUT2D eigenvalue weighted by atomic mass is 32.2. The summed E-state index contributed by atoms with van der Waals surface area (Å²) >= 11 is 0. The first-order valence-electron chi connectivity index (χ1n) is 4.86. The van der Waals surface area contributed by atoms with Gasteiger partial charge in [-0.15, -0.1) is 0 Å². The number of sulfonamides is 1. The summed E-state index contributed by atoms with van der Waals surface area (Å²) in [5, 5.41) is 8.58. The largest absolute Gasteiger partial charge is 0.480 e. The molecule has 0 saturated heterocycles. The predicted octanol–water partition coefficient (Wildman–Crippen LogP) is 1.02. The van der Waals surface area contributed by atoms with Crippen molar-refractivity contribution < 1.29 is 27.1 Å². The lowest BCUT2D eigenvalue weighted by atomic mass is 10.2. The molecule has 0 spiro atoms. The third-order valence-corrected chi connectivity index (χ3v) is 3.76. The summed E-state index contributed by atoms with van der Waals surface area (Å²) in [6, 6.07) is -0.170. The average Bonchev–Trinajstić information content (AvgIpc) is 2.22. The fourth-order valence-corrected chi connectivity index (χ4v) is 2.52. The van der Waals surface area contributed by atoms with Gasteiger partial charge in [0.15, 0.2) is 0 Å². The van der Waals surface area contributed by atoms with E-state index in [0.29, 0.717) is 6.07 Å². The molecular weight excluding hydrogens is 268 g/mol. The zero-order valence-corrected chi connectivity index (χ0v) is 10.4. The van der Waals surface area contributed by atoms with Crippen LogP contribution in [0.1, 0.15) is 12.5 Å². The maximum atomic E-state index is 13.4. The van der Waals surface area contributed by atoms with E-state index in [9.17, 15) is 22.0 Å². The second kappa shape index (κ2) is 4.99. The summed E-state index contributed by atoms with van der Waals surface area (Å²) in [5.74, 6) is -3.56. The molecule has 1 atom stereocenters. The van der Waals surface area contributed by atoms with Gasteiger partial charge in [-0.1, -0.05) is 0 Å². The summed E-state index contributed by atoms with van der Waals surface area (Å²) in [6.07, 6.45) is 0. The molecule has 0 aromatic heterocycles. The minimum atomic E-state index is -4.35. The van der Waals surface area contributed by atoms with Gasteiger partial charge in [-0.3, -0.25) is 4.79 Å². The van der Waals surface area contributed by atoms with Gasteiger partial charge in [0.25, 0.3) is 0 Å². The fourth-order valence-electron chi connectivity index (χ4n) is 1.18. The van der Waals surface area contributed by atoms with Crippen LogP contribution in [0.25, 0.3) is 0 Å². The topological polar surface area (TPSA) is 83.5 Å². The lowest BCUT2D eigenvalue weighted by Gasteiger charge is -2.11. The van der Waals surface area contributed by atoms with E-state index < -0.39 is 38.6 Å². The van der Waals surface area contributed by atoms with Crippen molar-refractivity contribution in [2.45, 2.75) is 24.8 Å². The monoisotopic (exact) mass is 279 g/mol. The van der Waals surface area contributed by atoms with Crippen LogP contribution in [0, 0.1) is 18.6 Å². The van der Waals surface area contributed by atoms with Gasteiger partial charge in [0.2, 0.25) is 10.0 Å². The van der Waals surface area contributed by atoms with Crippen molar-refractivity contribution in [2.75, 3.05) is 0 Å². The molecule has 2 N–H and O–H groups in total. The van der Waals surface area contributed by atoms with E-state index in [1.165, 1.54) is 6.92 Å². The van der Waals surface area contributed by atoms with Crippen molar-refractivity contribution in [1.29, 1.82) is 0 Å². The van der Waals surface area contributed by atoms with Crippen molar-refractivity contribution in [3.05, 3.63) is 29.3 Å². The molecule has 0 aliphatic carbocycles. The van der Waals surface area contributed by atoms with E-state index in [1.54, 1.807) is 4.72 Å². The zero-order valence-electron chi connectivity index (χ0n) is 9.57. The van der Waals surface area contributed by atoms with Gasteiger partial charge < -0.3 is 5.11 Å². The summed E-state index contributed by atoms with van der Waals surface area (Å²) in [6.45, 7) is 2.36. The van der Waals surface area contributed by atoms with Gasteiger partial charge >= 0.3 is 5.97 Å². The molecule has 1 aromatic carbocycles. The summed E-state index contributed by atoms with van der Waals surface area (Å²) < 4.78 is 51.5. The molecule has 1 aromatic rings. The number of aryl methyl sites for hydroxylation is 1.